The van der Waals surface area contributed by atoms with Crippen molar-refractivity contribution in [3.63, 3.8) is 0 Å². The molecule has 0 aliphatic heterocycles. The summed E-state index contributed by atoms with van der Waals surface area (Å²) in [6.45, 7) is 0. The molecule has 0 fully saturated rings. The van der Waals surface area contributed by atoms with E-state index < -0.39 is 5.41 Å². The molecule has 0 unspecified atom stereocenters. The van der Waals surface area contributed by atoms with Crippen LogP contribution in [0.15, 0.2) is 233 Å². The van der Waals surface area contributed by atoms with E-state index in [0.29, 0.717) is 0 Å². The largest absolute Gasteiger partial charge is 0.456 e. The molecular formula is C61H37NO2. The van der Waals surface area contributed by atoms with E-state index in [0.717, 1.165) is 83.2 Å². The van der Waals surface area contributed by atoms with Crippen molar-refractivity contribution in [3.8, 4) is 44.5 Å². The fourth-order valence-electron chi connectivity index (χ4n) is 11.2. The number of nitrogens with zero attached hydrogens (tertiary/aromatic N) is 1. The van der Waals surface area contributed by atoms with Gasteiger partial charge in [-0.15, -0.1) is 0 Å². The van der Waals surface area contributed by atoms with Gasteiger partial charge in [-0.2, -0.15) is 0 Å². The number of rotatable bonds is 5. The molecule has 0 N–H and O–H groups in total. The Labute approximate surface area is 369 Å². The lowest BCUT2D eigenvalue weighted by molar-refractivity contribution is 0.669. The Morgan fingerprint density at radius 3 is 1.69 bits per heavy atom. The van der Waals surface area contributed by atoms with Crippen molar-refractivity contribution < 1.29 is 8.83 Å². The predicted octanol–water partition coefficient (Wildman–Crippen LogP) is 16.6. The van der Waals surface area contributed by atoms with E-state index >= 15 is 0 Å². The van der Waals surface area contributed by atoms with Crippen molar-refractivity contribution in [2.24, 2.45) is 0 Å². The van der Waals surface area contributed by atoms with Crippen LogP contribution in [0, 0.1) is 0 Å². The van der Waals surface area contributed by atoms with E-state index in [9.17, 15) is 0 Å². The molecule has 10 aromatic carbocycles. The van der Waals surface area contributed by atoms with Crippen LogP contribution in [0.2, 0.25) is 0 Å². The van der Waals surface area contributed by atoms with Crippen molar-refractivity contribution in [3.05, 3.63) is 247 Å². The molecule has 0 amide bonds. The van der Waals surface area contributed by atoms with E-state index in [2.05, 4.69) is 217 Å². The van der Waals surface area contributed by atoms with Gasteiger partial charge in [0.25, 0.3) is 0 Å². The summed E-state index contributed by atoms with van der Waals surface area (Å²) in [5.41, 5.74) is 21.2. The second-order valence-corrected chi connectivity index (χ2v) is 17.1. The summed E-state index contributed by atoms with van der Waals surface area (Å²) in [6, 6.07) is 81.4. The molecule has 12 aromatic rings. The first-order valence-electron chi connectivity index (χ1n) is 22.0. The maximum absolute atomic E-state index is 6.55. The van der Waals surface area contributed by atoms with Gasteiger partial charge in [0.2, 0.25) is 0 Å². The highest BCUT2D eigenvalue weighted by Crippen LogP contribution is 2.64. The van der Waals surface area contributed by atoms with Crippen LogP contribution < -0.4 is 4.90 Å². The topological polar surface area (TPSA) is 29.5 Å². The molecule has 3 nitrogen and oxygen atoms in total. The highest BCUT2D eigenvalue weighted by molar-refractivity contribution is 6.11. The smallest absolute Gasteiger partial charge is 0.143 e. The summed E-state index contributed by atoms with van der Waals surface area (Å²) in [5, 5.41) is 4.45. The zero-order valence-electron chi connectivity index (χ0n) is 34.6. The van der Waals surface area contributed by atoms with Crippen molar-refractivity contribution in [2.45, 2.75) is 5.41 Å². The fourth-order valence-corrected chi connectivity index (χ4v) is 11.2. The van der Waals surface area contributed by atoms with Crippen LogP contribution in [-0.4, -0.2) is 0 Å². The van der Waals surface area contributed by atoms with Crippen molar-refractivity contribution in [2.75, 3.05) is 4.90 Å². The molecule has 0 bridgehead atoms. The van der Waals surface area contributed by atoms with Crippen LogP contribution in [0.5, 0.6) is 0 Å². The number of hydrogen-bond donors (Lipinski definition) is 0. The molecular weight excluding hydrogens is 779 g/mol. The van der Waals surface area contributed by atoms with Crippen molar-refractivity contribution in [1.29, 1.82) is 0 Å². The quantitative estimate of drug-likeness (QED) is 0.173. The summed E-state index contributed by atoms with van der Waals surface area (Å²) < 4.78 is 13.1. The molecule has 2 heterocycles. The average molecular weight is 816 g/mol. The second kappa shape index (κ2) is 13.3. The lowest BCUT2D eigenvalue weighted by Crippen LogP contribution is -2.26. The minimum atomic E-state index is -0.453. The van der Waals surface area contributed by atoms with E-state index in [1.807, 2.05) is 12.1 Å². The molecule has 2 aromatic heterocycles. The van der Waals surface area contributed by atoms with E-state index in [1.165, 1.54) is 44.5 Å². The standard InChI is InChI=1S/C61H37NO2/c1-2-14-39(15-3-1)43-20-12-21-48-50-36-40(30-35-57(50)64-60(43)48)38-28-31-41(32-29-38)62(42-33-34-47-46-18-7-11-27-56(46)63-58(47)37-42)55-26-13-25-54-59(55)49-19-6-10-24-53(49)61(54)51-22-8-4-16-44(51)45-17-5-9-23-52(45)61/h1-37H. The molecule has 1 spiro atoms. The highest BCUT2D eigenvalue weighted by Gasteiger charge is 2.52. The van der Waals surface area contributed by atoms with Crippen molar-refractivity contribution >= 4 is 60.9 Å². The van der Waals surface area contributed by atoms with Gasteiger partial charge < -0.3 is 13.7 Å². The van der Waals surface area contributed by atoms with Crippen molar-refractivity contribution in [1.82, 2.24) is 0 Å². The lowest BCUT2D eigenvalue weighted by atomic mass is 9.70. The fraction of sp³-hybridized carbons (Fsp3) is 0.0164. The van der Waals surface area contributed by atoms with Gasteiger partial charge in [-0.3, -0.25) is 0 Å². The summed E-state index contributed by atoms with van der Waals surface area (Å²) in [5.74, 6) is 0. The Hall–Kier alpha value is -8.40. The van der Waals surface area contributed by atoms with E-state index in [-0.39, 0.29) is 0 Å². The third-order valence-electron chi connectivity index (χ3n) is 13.9. The zero-order valence-corrected chi connectivity index (χ0v) is 34.6. The van der Waals surface area contributed by atoms with Crippen LogP contribution in [0.25, 0.3) is 88.4 Å². The van der Waals surface area contributed by atoms with Crippen LogP contribution in [0.3, 0.4) is 0 Å². The van der Waals surface area contributed by atoms with Crippen LogP contribution >= 0.6 is 0 Å². The summed E-state index contributed by atoms with van der Waals surface area (Å²) >= 11 is 0. The highest BCUT2D eigenvalue weighted by atomic mass is 16.3. The minimum absolute atomic E-state index is 0.453. The van der Waals surface area contributed by atoms with Gasteiger partial charge in [0.15, 0.2) is 0 Å². The molecule has 0 atom stereocenters. The van der Waals surface area contributed by atoms with Gasteiger partial charge >= 0.3 is 0 Å². The van der Waals surface area contributed by atoms with E-state index in [4.69, 9.17) is 8.83 Å². The van der Waals surface area contributed by atoms with Crippen LogP contribution in [0.4, 0.5) is 17.1 Å². The molecule has 14 rings (SSSR count). The third kappa shape index (κ3) is 4.81. The van der Waals surface area contributed by atoms with Gasteiger partial charge in [-0.05, 0) is 104 Å². The molecule has 0 saturated carbocycles. The molecule has 64 heavy (non-hydrogen) atoms. The first-order valence-corrected chi connectivity index (χ1v) is 22.0. The number of hydrogen-bond acceptors (Lipinski definition) is 3. The zero-order chi connectivity index (χ0) is 41.9. The Kier molecular flexibility index (Phi) is 7.32. The number of para-hydroxylation sites is 2. The van der Waals surface area contributed by atoms with Gasteiger partial charge in [0.1, 0.15) is 22.3 Å². The Balaban J connectivity index is 0.960. The predicted molar refractivity (Wildman–Crippen MR) is 263 cm³/mol. The van der Waals surface area contributed by atoms with Gasteiger partial charge in [0, 0.05) is 50.1 Å². The van der Waals surface area contributed by atoms with Crippen LogP contribution in [-0.2, 0) is 5.41 Å². The summed E-state index contributed by atoms with van der Waals surface area (Å²) in [7, 11) is 0. The first kappa shape index (κ1) is 35.2. The molecule has 2 aliphatic rings. The first-order chi connectivity index (χ1) is 31.7. The molecule has 2 aliphatic carbocycles. The summed E-state index contributed by atoms with van der Waals surface area (Å²) in [6.07, 6.45) is 0. The minimum Gasteiger partial charge on any atom is -0.456 e. The summed E-state index contributed by atoms with van der Waals surface area (Å²) in [4.78, 5) is 2.43. The Morgan fingerprint density at radius 1 is 0.312 bits per heavy atom. The Bertz CT molecular complexity index is 3810. The van der Waals surface area contributed by atoms with Crippen LogP contribution in [0.1, 0.15) is 22.3 Å². The Morgan fingerprint density at radius 2 is 0.891 bits per heavy atom. The van der Waals surface area contributed by atoms with E-state index in [1.54, 1.807) is 0 Å². The molecule has 3 heteroatoms. The maximum atomic E-state index is 6.55. The van der Waals surface area contributed by atoms with Gasteiger partial charge in [-0.1, -0.05) is 170 Å². The second-order valence-electron chi connectivity index (χ2n) is 17.1. The van der Waals surface area contributed by atoms with Gasteiger partial charge in [-0.25, -0.2) is 0 Å². The SMILES string of the molecule is c1ccc(-c2cccc3c2oc2ccc(-c4ccc(N(c5ccc6c(c5)oc5ccccc56)c5cccc6c5-c5ccccc5C65c6ccccc6-c6ccccc65)cc4)cc23)cc1. The third-order valence-corrected chi connectivity index (χ3v) is 13.9. The number of anilines is 3. The monoisotopic (exact) mass is 815 g/mol. The normalized spacial score (nSPS) is 13.1. The molecule has 0 radical (unpaired) electrons. The number of benzene rings is 10. The molecule has 298 valence electrons. The number of fused-ring (bicyclic) bond motifs is 16. The maximum Gasteiger partial charge on any atom is 0.143 e. The lowest BCUT2D eigenvalue weighted by Gasteiger charge is -2.31. The number of furan rings is 2. The van der Waals surface area contributed by atoms with Gasteiger partial charge in [0.05, 0.1) is 11.1 Å². The average Bonchev–Trinajstić information content (AvgIpc) is 4.10. The molecule has 0 saturated heterocycles.